The zero-order chi connectivity index (χ0) is 34.2. The molecule has 0 aromatic carbocycles. The first-order valence-corrected chi connectivity index (χ1v) is 16.9. The number of amides is 5. The highest BCUT2D eigenvalue weighted by Crippen LogP contribution is 2.29. The first-order chi connectivity index (χ1) is 21.1. The van der Waals surface area contributed by atoms with Gasteiger partial charge in [-0.3, -0.25) is 19.2 Å². The van der Waals surface area contributed by atoms with Crippen molar-refractivity contribution in [2.24, 2.45) is 23.5 Å². The summed E-state index contributed by atoms with van der Waals surface area (Å²) in [4.78, 5) is 63.9. The van der Waals surface area contributed by atoms with Gasteiger partial charge in [-0.05, 0) is 58.3 Å². The Bertz CT molecular complexity index is 948. The molecule has 6 atom stereocenters. The fourth-order valence-electron chi connectivity index (χ4n) is 5.52. The molecule has 12 nitrogen and oxygen atoms in total. The number of aliphatic hydroxyl groups is 1. The van der Waals surface area contributed by atoms with Gasteiger partial charge in [0.1, 0.15) is 17.7 Å². The average Bonchev–Trinajstić information content (AvgIpc) is 2.96. The van der Waals surface area contributed by atoms with Gasteiger partial charge in [0.05, 0.1) is 12.1 Å². The van der Waals surface area contributed by atoms with E-state index in [4.69, 9.17) is 10.5 Å². The summed E-state index contributed by atoms with van der Waals surface area (Å²) >= 11 is 0. The number of hydrogen-bond acceptors (Lipinski definition) is 7. The molecule has 1 rings (SSSR count). The molecule has 0 saturated heterocycles. The van der Waals surface area contributed by atoms with E-state index in [1.54, 1.807) is 27.7 Å². The predicted octanol–water partition coefficient (Wildman–Crippen LogP) is 3.43. The zero-order valence-corrected chi connectivity index (χ0v) is 28.7. The van der Waals surface area contributed by atoms with Gasteiger partial charge < -0.3 is 36.8 Å². The molecule has 0 heterocycles. The van der Waals surface area contributed by atoms with Crippen LogP contribution in [-0.4, -0.2) is 71.2 Å². The third kappa shape index (κ3) is 16.3. The van der Waals surface area contributed by atoms with Crippen LogP contribution >= 0.6 is 0 Å². The lowest BCUT2D eigenvalue weighted by Crippen LogP contribution is -2.58. The van der Waals surface area contributed by atoms with E-state index < -0.39 is 59.6 Å². The molecule has 12 heteroatoms. The van der Waals surface area contributed by atoms with Gasteiger partial charge in [0, 0.05) is 18.9 Å². The summed E-state index contributed by atoms with van der Waals surface area (Å²) in [6.07, 6.45) is 6.51. The minimum Gasteiger partial charge on any atom is -0.444 e. The van der Waals surface area contributed by atoms with Crippen LogP contribution < -0.4 is 27.0 Å². The maximum atomic E-state index is 13.8. The molecule has 1 fully saturated rings. The van der Waals surface area contributed by atoms with E-state index in [2.05, 4.69) is 21.3 Å². The van der Waals surface area contributed by atoms with E-state index in [0.29, 0.717) is 25.3 Å². The van der Waals surface area contributed by atoms with E-state index >= 15 is 0 Å². The lowest BCUT2D eigenvalue weighted by molar-refractivity contribution is -0.132. The SMILES string of the molecule is CCCCNC(=O)[C@H](C)C[C@H](O)[C@H](CC1CCCCC1)NC(=O)[C@@H](NC(=O)[C@H](CCC(N)=O)NC(=O)OC(C)(C)C)[C@@H](C)CC. The summed E-state index contributed by atoms with van der Waals surface area (Å²) in [5.41, 5.74) is 4.50. The summed E-state index contributed by atoms with van der Waals surface area (Å²) in [7, 11) is 0. The Kier molecular flexibility index (Phi) is 18.1. The number of hydrogen-bond donors (Lipinski definition) is 6. The fraction of sp³-hybridized carbons (Fsp3) is 0.848. The van der Waals surface area contributed by atoms with Crippen molar-refractivity contribution in [2.75, 3.05) is 6.54 Å². The predicted molar refractivity (Wildman–Crippen MR) is 174 cm³/mol. The number of nitrogens with two attached hydrogens (primary N) is 1. The number of rotatable bonds is 19. The van der Waals surface area contributed by atoms with Crippen molar-refractivity contribution < 1.29 is 33.8 Å². The molecule has 1 aliphatic rings. The molecule has 0 aromatic heterocycles. The molecule has 1 aliphatic carbocycles. The number of alkyl carbamates (subject to hydrolysis) is 1. The van der Waals surface area contributed by atoms with Crippen molar-refractivity contribution in [2.45, 2.75) is 155 Å². The van der Waals surface area contributed by atoms with Crippen molar-refractivity contribution >= 4 is 29.7 Å². The Hall–Kier alpha value is -2.89. The van der Waals surface area contributed by atoms with Crippen LogP contribution in [0.25, 0.3) is 0 Å². The van der Waals surface area contributed by atoms with Crippen LogP contribution in [0.4, 0.5) is 4.79 Å². The van der Waals surface area contributed by atoms with Crippen molar-refractivity contribution in [3.05, 3.63) is 0 Å². The molecule has 7 N–H and O–H groups in total. The molecular weight excluding hydrogens is 578 g/mol. The van der Waals surface area contributed by atoms with Crippen molar-refractivity contribution in [1.82, 2.24) is 21.3 Å². The quantitative estimate of drug-likeness (QED) is 0.117. The molecule has 260 valence electrons. The fourth-order valence-corrected chi connectivity index (χ4v) is 5.52. The van der Waals surface area contributed by atoms with Crippen LogP contribution in [0.5, 0.6) is 0 Å². The molecule has 1 saturated carbocycles. The number of ether oxygens (including phenoxy) is 1. The molecule has 0 radical (unpaired) electrons. The average molecular weight is 640 g/mol. The molecule has 5 amide bonds. The molecule has 0 unspecified atom stereocenters. The molecule has 45 heavy (non-hydrogen) atoms. The van der Waals surface area contributed by atoms with Crippen LogP contribution in [0.15, 0.2) is 0 Å². The molecule has 0 spiro atoms. The van der Waals surface area contributed by atoms with Gasteiger partial charge in [-0.15, -0.1) is 0 Å². The van der Waals surface area contributed by atoms with Gasteiger partial charge in [0.15, 0.2) is 0 Å². The molecular formula is C33H61N5O7. The van der Waals surface area contributed by atoms with Crippen molar-refractivity contribution in [3.8, 4) is 0 Å². The lowest BCUT2D eigenvalue weighted by Gasteiger charge is -2.33. The number of carbonyl (C=O) groups excluding carboxylic acids is 5. The van der Waals surface area contributed by atoms with E-state index in [1.165, 1.54) is 6.42 Å². The number of carbonyl (C=O) groups is 5. The Balaban J connectivity index is 3.14. The smallest absolute Gasteiger partial charge is 0.408 e. The summed E-state index contributed by atoms with van der Waals surface area (Å²) in [5, 5.41) is 22.6. The lowest BCUT2D eigenvalue weighted by atomic mass is 9.82. The largest absolute Gasteiger partial charge is 0.444 e. The van der Waals surface area contributed by atoms with Crippen LogP contribution in [0.2, 0.25) is 0 Å². The number of nitrogens with one attached hydrogen (secondary N) is 4. The summed E-state index contributed by atoms with van der Waals surface area (Å²) in [6.45, 7) is 13.2. The van der Waals surface area contributed by atoms with E-state index in [0.717, 1.165) is 38.5 Å². The van der Waals surface area contributed by atoms with E-state index in [1.807, 2.05) is 20.8 Å². The number of unbranched alkanes of at least 4 members (excludes halogenated alkanes) is 1. The minimum atomic E-state index is -1.16. The van der Waals surface area contributed by atoms with Gasteiger partial charge in [0.25, 0.3) is 0 Å². The normalized spacial score (nSPS) is 18.0. The van der Waals surface area contributed by atoms with Crippen LogP contribution in [0.3, 0.4) is 0 Å². The zero-order valence-electron chi connectivity index (χ0n) is 28.7. The second-order valence-electron chi connectivity index (χ2n) is 13.8. The summed E-state index contributed by atoms with van der Waals surface area (Å²) in [6, 6.07) is -2.75. The first kappa shape index (κ1) is 40.1. The van der Waals surface area contributed by atoms with Gasteiger partial charge in [-0.2, -0.15) is 0 Å². The van der Waals surface area contributed by atoms with Gasteiger partial charge in [0.2, 0.25) is 23.6 Å². The van der Waals surface area contributed by atoms with Crippen molar-refractivity contribution in [3.63, 3.8) is 0 Å². The third-order valence-corrected chi connectivity index (χ3v) is 8.46. The number of aliphatic hydroxyl groups excluding tert-OH is 1. The Labute approximate surface area is 270 Å². The third-order valence-electron chi connectivity index (χ3n) is 8.46. The Morgan fingerprint density at radius 3 is 2.13 bits per heavy atom. The van der Waals surface area contributed by atoms with Crippen molar-refractivity contribution in [1.29, 1.82) is 0 Å². The van der Waals surface area contributed by atoms with Crippen LogP contribution in [0.1, 0.15) is 126 Å². The molecule has 0 aromatic rings. The topological polar surface area (TPSA) is 189 Å². The minimum absolute atomic E-state index is 0.0729. The van der Waals surface area contributed by atoms with Crippen LogP contribution in [0, 0.1) is 17.8 Å². The first-order valence-electron chi connectivity index (χ1n) is 16.9. The number of primary amides is 1. The van der Waals surface area contributed by atoms with E-state index in [-0.39, 0.29) is 31.1 Å². The summed E-state index contributed by atoms with van der Waals surface area (Å²) < 4.78 is 5.29. The monoisotopic (exact) mass is 639 g/mol. The highest BCUT2D eigenvalue weighted by Gasteiger charge is 2.34. The second kappa shape index (κ2) is 20.3. The van der Waals surface area contributed by atoms with Gasteiger partial charge in [-0.1, -0.05) is 72.6 Å². The molecule has 0 bridgehead atoms. The highest BCUT2D eigenvalue weighted by atomic mass is 16.6. The van der Waals surface area contributed by atoms with Gasteiger partial charge >= 0.3 is 6.09 Å². The maximum absolute atomic E-state index is 13.8. The van der Waals surface area contributed by atoms with E-state index in [9.17, 15) is 29.1 Å². The highest BCUT2D eigenvalue weighted by molar-refractivity contribution is 5.92. The van der Waals surface area contributed by atoms with Gasteiger partial charge in [-0.25, -0.2) is 4.79 Å². The summed E-state index contributed by atoms with van der Waals surface area (Å²) in [5.74, 6) is -2.27. The Morgan fingerprint density at radius 2 is 1.58 bits per heavy atom. The Morgan fingerprint density at radius 1 is 0.933 bits per heavy atom. The standard InChI is InChI=1S/C33H61N5O7/c1-8-10-18-35-29(41)22(4)19-26(39)25(20-23-14-12-11-13-15-23)36-31(43)28(21(3)9-2)38-30(42)24(16-17-27(34)40)37-32(44)45-33(5,6)7/h21-26,28,39H,8-20H2,1-7H3,(H2,34,40)(H,35,41)(H,36,43)(H,37,44)(H,38,42)/t21-,22+,24-,25-,26-,28-/m0/s1. The van der Waals surface area contributed by atoms with Crippen LogP contribution in [-0.2, 0) is 23.9 Å². The maximum Gasteiger partial charge on any atom is 0.408 e. The molecule has 0 aliphatic heterocycles. The second-order valence-corrected chi connectivity index (χ2v) is 13.8.